The fraction of sp³-hybridized carbons (Fsp3) is 0.778. The van der Waals surface area contributed by atoms with Gasteiger partial charge in [-0.25, -0.2) is 0 Å². The molecule has 3 nitrogen and oxygen atoms in total. The number of carbonyl (C=O) groups is 1. The van der Waals surface area contributed by atoms with Crippen LogP contribution in [0.1, 0.15) is 32.6 Å². The Bertz CT molecular complexity index is 187. The van der Waals surface area contributed by atoms with Crippen LogP contribution in [0.3, 0.4) is 0 Å². The maximum Gasteiger partial charge on any atom is 0.148 e. The fourth-order valence-corrected chi connectivity index (χ4v) is 1.24. The van der Waals surface area contributed by atoms with E-state index in [9.17, 15) is 4.79 Å². The van der Waals surface area contributed by atoms with Gasteiger partial charge in [0.15, 0.2) is 0 Å². The minimum atomic E-state index is 0.168. The molecule has 0 aromatic heterocycles. The number of carbonyl (C=O) groups excluding carboxylic acids is 1. The van der Waals surface area contributed by atoms with Crippen LogP contribution >= 0.6 is 0 Å². The number of nitrogens with zero attached hydrogens (tertiary/aromatic N) is 1. The van der Waals surface area contributed by atoms with E-state index in [0.717, 1.165) is 18.8 Å². The van der Waals surface area contributed by atoms with Crippen LogP contribution in [0, 0.1) is 0 Å². The molecule has 0 bridgehead atoms. The number of Topliss-reactive ketones (excluding diaryl/α,β-unsaturated/α-hetero) is 1. The van der Waals surface area contributed by atoms with E-state index in [0.29, 0.717) is 6.54 Å². The number of hydrogen-bond donors (Lipinski definition) is 1. The molecule has 0 aromatic carbocycles. The second kappa shape index (κ2) is 4.91. The summed E-state index contributed by atoms with van der Waals surface area (Å²) in [7, 11) is 0. The first-order valence-corrected chi connectivity index (χ1v) is 4.55. The van der Waals surface area contributed by atoms with Crippen molar-refractivity contribution in [1.82, 2.24) is 5.32 Å². The monoisotopic (exact) mass is 168 g/mol. The molecule has 0 aliphatic carbocycles. The molecule has 1 rings (SSSR count). The quantitative estimate of drug-likeness (QED) is 0.671. The highest BCUT2D eigenvalue weighted by molar-refractivity contribution is 5.87. The molecule has 68 valence electrons. The second-order valence-corrected chi connectivity index (χ2v) is 3.19. The lowest BCUT2D eigenvalue weighted by Gasteiger charge is -2.04. The van der Waals surface area contributed by atoms with Crippen molar-refractivity contribution in [3.8, 4) is 0 Å². The van der Waals surface area contributed by atoms with Crippen LogP contribution in [0.15, 0.2) is 4.99 Å². The average molecular weight is 168 g/mol. The molecule has 0 fully saturated rings. The van der Waals surface area contributed by atoms with Gasteiger partial charge < -0.3 is 5.32 Å². The molecule has 0 radical (unpaired) electrons. The number of ketones is 1. The van der Waals surface area contributed by atoms with E-state index in [4.69, 9.17) is 0 Å². The zero-order chi connectivity index (χ0) is 8.81. The molecule has 1 N–H and O–H groups in total. The van der Waals surface area contributed by atoms with Crippen molar-refractivity contribution in [2.45, 2.75) is 32.6 Å². The Hall–Kier alpha value is -0.860. The summed E-state index contributed by atoms with van der Waals surface area (Å²) in [5.74, 6) is 1.18. The first-order chi connectivity index (χ1) is 5.79. The molecule has 1 aliphatic heterocycles. The smallest absolute Gasteiger partial charge is 0.148 e. The van der Waals surface area contributed by atoms with Crippen LogP contribution in [-0.2, 0) is 4.79 Å². The number of amidine groups is 1. The van der Waals surface area contributed by atoms with Crippen molar-refractivity contribution >= 4 is 11.6 Å². The highest BCUT2D eigenvalue weighted by atomic mass is 16.1. The fourth-order valence-electron chi connectivity index (χ4n) is 1.24. The maximum atomic E-state index is 10.7. The highest BCUT2D eigenvalue weighted by Crippen LogP contribution is 2.05. The van der Waals surface area contributed by atoms with E-state index in [1.165, 1.54) is 19.3 Å². The van der Waals surface area contributed by atoms with Gasteiger partial charge in [0.25, 0.3) is 0 Å². The Kier molecular flexibility index (Phi) is 3.77. The van der Waals surface area contributed by atoms with Crippen LogP contribution < -0.4 is 5.32 Å². The summed E-state index contributed by atoms with van der Waals surface area (Å²) < 4.78 is 0. The van der Waals surface area contributed by atoms with Crippen LogP contribution in [0.4, 0.5) is 0 Å². The SMILES string of the molecule is CC(=O)CNC1=NCCCCC1. The first-order valence-electron chi connectivity index (χ1n) is 4.55. The standard InChI is InChI=1S/C9H16N2O/c1-8(12)7-11-9-5-3-2-4-6-10-9/h2-7H2,1H3,(H,10,11). The summed E-state index contributed by atoms with van der Waals surface area (Å²) in [6, 6.07) is 0. The van der Waals surface area contributed by atoms with Gasteiger partial charge in [0, 0.05) is 13.0 Å². The molecule has 0 aromatic rings. The van der Waals surface area contributed by atoms with Crippen molar-refractivity contribution in [3.63, 3.8) is 0 Å². The topological polar surface area (TPSA) is 41.5 Å². The third-order valence-electron chi connectivity index (χ3n) is 1.92. The van der Waals surface area contributed by atoms with Crippen molar-refractivity contribution in [1.29, 1.82) is 0 Å². The van der Waals surface area contributed by atoms with Gasteiger partial charge in [-0.15, -0.1) is 0 Å². The van der Waals surface area contributed by atoms with E-state index in [2.05, 4.69) is 10.3 Å². The molecule has 1 heterocycles. The predicted molar refractivity (Wildman–Crippen MR) is 49.5 cm³/mol. The van der Waals surface area contributed by atoms with Crippen LogP contribution in [-0.4, -0.2) is 24.7 Å². The Morgan fingerprint density at radius 1 is 1.50 bits per heavy atom. The molecule has 0 saturated heterocycles. The zero-order valence-corrected chi connectivity index (χ0v) is 7.60. The normalized spacial score (nSPS) is 17.9. The Morgan fingerprint density at radius 2 is 2.33 bits per heavy atom. The van der Waals surface area contributed by atoms with Gasteiger partial charge in [0.1, 0.15) is 5.78 Å². The second-order valence-electron chi connectivity index (χ2n) is 3.19. The van der Waals surface area contributed by atoms with Crippen LogP contribution in [0.5, 0.6) is 0 Å². The number of hydrogen-bond acceptors (Lipinski definition) is 3. The molecule has 0 amide bonds. The van der Waals surface area contributed by atoms with Crippen LogP contribution in [0.2, 0.25) is 0 Å². The van der Waals surface area contributed by atoms with E-state index in [1.54, 1.807) is 6.92 Å². The van der Waals surface area contributed by atoms with Gasteiger partial charge in [0.05, 0.1) is 12.4 Å². The lowest BCUT2D eigenvalue weighted by molar-refractivity contribution is -0.115. The van der Waals surface area contributed by atoms with Crippen molar-refractivity contribution < 1.29 is 4.79 Å². The van der Waals surface area contributed by atoms with E-state index in [-0.39, 0.29) is 5.78 Å². The number of aliphatic imine (C=N–C) groups is 1. The molecule has 0 spiro atoms. The van der Waals surface area contributed by atoms with E-state index < -0.39 is 0 Å². The molecule has 0 unspecified atom stereocenters. The summed E-state index contributed by atoms with van der Waals surface area (Å²) in [6.07, 6.45) is 4.65. The zero-order valence-electron chi connectivity index (χ0n) is 7.60. The Morgan fingerprint density at radius 3 is 3.08 bits per heavy atom. The van der Waals surface area contributed by atoms with Gasteiger partial charge in [-0.3, -0.25) is 9.79 Å². The van der Waals surface area contributed by atoms with Gasteiger partial charge >= 0.3 is 0 Å². The summed E-state index contributed by atoms with van der Waals surface area (Å²) in [6.45, 7) is 2.93. The first kappa shape index (κ1) is 9.23. The molecule has 1 aliphatic rings. The van der Waals surface area contributed by atoms with Crippen molar-refractivity contribution in [2.75, 3.05) is 13.1 Å². The summed E-state index contributed by atoms with van der Waals surface area (Å²) in [5, 5.41) is 3.06. The lowest BCUT2D eigenvalue weighted by atomic mass is 10.2. The predicted octanol–water partition coefficient (Wildman–Crippen LogP) is 1.14. The highest BCUT2D eigenvalue weighted by Gasteiger charge is 2.03. The number of nitrogens with one attached hydrogen (secondary N) is 1. The van der Waals surface area contributed by atoms with Crippen molar-refractivity contribution in [3.05, 3.63) is 0 Å². The largest absolute Gasteiger partial charge is 0.367 e. The average Bonchev–Trinajstić information content (AvgIpc) is 2.28. The molecule has 0 atom stereocenters. The Labute approximate surface area is 73.3 Å². The van der Waals surface area contributed by atoms with Gasteiger partial charge in [-0.2, -0.15) is 0 Å². The van der Waals surface area contributed by atoms with Gasteiger partial charge in [-0.05, 0) is 19.8 Å². The third-order valence-corrected chi connectivity index (χ3v) is 1.92. The summed E-state index contributed by atoms with van der Waals surface area (Å²) in [4.78, 5) is 15.0. The van der Waals surface area contributed by atoms with Gasteiger partial charge in [0.2, 0.25) is 0 Å². The molecule has 12 heavy (non-hydrogen) atoms. The van der Waals surface area contributed by atoms with E-state index in [1.807, 2.05) is 0 Å². The van der Waals surface area contributed by atoms with Gasteiger partial charge in [-0.1, -0.05) is 6.42 Å². The lowest BCUT2D eigenvalue weighted by Crippen LogP contribution is -2.28. The summed E-state index contributed by atoms with van der Waals surface area (Å²) in [5.41, 5.74) is 0. The minimum absolute atomic E-state index is 0.168. The van der Waals surface area contributed by atoms with Crippen LogP contribution in [0.25, 0.3) is 0 Å². The number of rotatable bonds is 2. The third kappa shape index (κ3) is 3.51. The molecule has 3 heteroatoms. The minimum Gasteiger partial charge on any atom is -0.367 e. The van der Waals surface area contributed by atoms with E-state index >= 15 is 0 Å². The molecule has 0 saturated carbocycles. The molecular weight excluding hydrogens is 152 g/mol. The Balaban J connectivity index is 2.28. The summed E-state index contributed by atoms with van der Waals surface area (Å²) >= 11 is 0. The molecular formula is C9H16N2O. The van der Waals surface area contributed by atoms with Crippen molar-refractivity contribution in [2.24, 2.45) is 4.99 Å². The maximum absolute atomic E-state index is 10.7.